The zero-order valence-corrected chi connectivity index (χ0v) is 11.6. The predicted octanol–water partition coefficient (Wildman–Crippen LogP) is 4.22. The highest BCUT2D eigenvalue weighted by Gasteiger charge is 2.23. The Morgan fingerprint density at radius 3 is 2.44 bits per heavy atom. The first-order chi connectivity index (χ1) is 8.81. The third kappa shape index (κ3) is 3.72. The summed E-state index contributed by atoms with van der Waals surface area (Å²) in [7, 11) is 0. The van der Waals surface area contributed by atoms with Gasteiger partial charge in [-0.15, -0.1) is 11.8 Å². The first kappa shape index (κ1) is 13.9. The van der Waals surface area contributed by atoms with E-state index in [2.05, 4.69) is 0 Å². The number of thioether (sulfide) groups is 1. The van der Waals surface area contributed by atoms with Crippen LogP contribution in [0.4, 0.5) is 4.39 Å². The standard InChI is InChI=1S/C15H22FNS/c16-13-9-5-6-10-14(13)18-15(11-17)12-7-3-1-2-4-8-12/h5-6,9-10,12,15H,1-4,7-8,11,17H2. The van der Waals surface area contributed by atoms with Gasteiger partial charge < -0.3 is 5.73 Å². The molecule has 0 aliphatic heterocycles. The van der Waals surface area contributed by atoms with Crippen molar-refractivity contribution in [3.05, 3.63) is 30.1 Å². The van der Waals surface area contributed by atoms with Crippen molar-refractivity contribution in [2.75, 3.05) is 6.54 Å². The van der Waals surface area contributed by atoms with Gasteiger partial charge in [-0.3, -0.25) is 0 Å². The largest absolute Gasteiger partial charge is 0.329 e. The second-order valence-electron chi connectivity index (χ2n) is 5.07. The van der Waals surface area contributed by atoms with Crippen LogP contribution in [0.5, 0.6) is 0 Å². The average molecular weight is 267 g/mol. The van der Waals surface area contributed by atoms with Crippen molar-refractivity contribution in [2.24, 2.45) is 11.7 Å². The lowest BCUT2D eigenvalue weighted by molar-refractivity contribution is 0.445. The molecule has 3 heteroatoms. The summed E-state index contributed by atoms with van der Waals surface area (Å²) in [5.74, 6) is 0.539. The predicted molar refractivity (Wildman–Crippen MR) is 76.3 cm³/mol. The van der Waals surface area contributed by atoms with Crippen molar-refractivity contribution in [3.8, 4) is 0 Å². The molecule has 0 heterocycles. The van der Waals surface area contributed by atoms with Gasteiger partial charge in [0.2, 0.25) is 0 Å². The SMILES string of the molecule is NCC(Sc1ccccc1F)C1CCCCCC1. The average Bonchev–Trinajstić information content (AvgIpc) is 2.67. The van der Waals surface area contributed by atoms with E-state index in [9.17, 15) is 4.39 Å². The molecule has 0 aromatic heterocycles. The molecule has 0 amide bonds. The fourth-order valence-electron chi connectivity index (χ4n) is 2.72. The summed E-state index contributed by atoms with van der Waals surface area (Å²) in [5.41, 5.74) is 5.91. The van der Waals surface area contributed by atoms with Crippen LogP contribution in [-0.2, 0) is 0 Å². The summed E-state index contributed by atoms with van der Waals surface area (Å²) >= 11 is 1.63. The van der Waals surface area contributed by atoms with Gasteiger partial charge in [-0.25, -0.2) is 4.39 Å². The van der Waals surface area contributed by atoms with Gasteiger partial charge in [0.1, 0.15) is 5.82 Å². The van der Waals surface area contributed by atoms with Crippen LogP contribution in [0.2, 0.25) is 0 Å². The fourth-order valence-corrected chi connectivity index (χ4v) is 3.95. The van der Waals surface area contributed by atoms with Crippen LogP contribution in [0.25, 0.3) is 0 Å². The van der Waals surface area contributed by atoms with Crippen LogP contribution in [0.1, 0.15) is 38.5 Å². The first-order valence-corrected chi connectivity index (χ1v) is 7.80. The van der Waals surface area contributed by atoms with E-state index < -0.39 is 0 Å². The van der Waals surface area contributed by atoms with E-state index in [1.54, 1.807) is 17.8 Å². The number of hydrogen-bond acceptors (Lipinski definition) is 2. The molecular formula is C15H22FNS. The smallest absolute Gasteiger partial charge is 0.136 e. The second kappa shape index (κ2) is 7.15. The fraction of sp³-hybridized carbons (Fsp3) is 0.600. The van der Waals surface area contributed by atoms with Crippen molar-refractivity contribution < 1.29 is 4.39 Å². The molecular weight excluding hydrogens is 245 g/mol. The Kier molecular flexibility index (Phi) is 5.51. The van der Waals surface area contributed by atoms with E-state index in [-0.39, 0.29) is 5.82 Å². The Morgan fingerprint density at radius 1 is 1.17 bits per heavy atom. The van der Waals surface area contributed by atoms with E-state index in [4.69, 9.17) is 5.73 Å². The molecule has 1 nitrogen and oxygen atoms in total. The lowest BCUT2D eigenvalue weighted by atomic mass is 9.96. The van der Waals surface area contributed by atoms with E-state index >= 15 is 0 Å². The van der Waals surface area contributed by atoms with Gasteiger partial charge in [-0.2, -0.15) is 0 Å². The highest BCUT2D eigenvalue weighted by Crippen LogP contribution is 2.35. The Bertz CT molecular complexity index is 361. The Morgan fingerprint density at radius 2 is 1.83 bits per heavy atom. The molecule has 18 heavy (non-hydrogen) atoms. The molecule has 1 aromatic carbocycles. The topological polar surface area (TPSA) is 26.0 Å². The minimum Gasteiger partial charge on any atom is -0.329 e. The van der Waals surface area contributed by atoms with Crippen molar-refractivity contribution in [3.63, 3.8) is 0 Å². The quantitative estimate of drug-likeness (QED) is 0.653. The number of hydrogen-bond donors (Lipinski definition) is 1. The molecule has 1 aliphatic carbocycles. The lowest BCUT2D eigenvalue weighted by Crippen LogP contribution is -2.26. The molecule has 1 unspecified atom stereocenters. The van der Waals surface area contributed by atoms with Gasteiger partial charge in [-0.1, -0.05) is 37.8 Å². The monoisotopic (exact) mass is 267 g/mol. The third-order valence-corrected chi connectivity index (χ3v) is 5.24. The van der Waals surface area contributed by atoms with Gasteiger partial charge in [0.15, 0.2) is 0 Å². The first-order valence-electron chi connectivity index (χ1n) is 6.92. The summed E-state index contributed by atoms with van der Waals surface area (Å²) in [5, 5.41) is 0.361. The molecule has 2 N–H and O–H groups in total. The molecule has 100 valence electrons. The Balaban J connectivity index is 2.02. The highest BCUT2D eigenvalue weighted by molar-refractivity contribution is 8.00. The molecule has 1 aromatic rings. The molecule has 1 saturated carbocycles. The molecule has 0 spiro atoms. The summed E-state index contributed by atoms with van der Waals surface area (Å²) in [6.07, 6.45) is 7.81. The van der Waals surface area contributed by atoms with E-state index in [0.717, 1.165) is 4.90 Å². The van der Waals surface area contributed by atoms with Crippen molar-refractivity contribution in [2.45, 2.75) is 48.7 Å². The van der Waals surface area contributed by atoms with Crippen LogP contribution in [0.15, 0.2) is 29.2 Å². The van der Waals surface area contributed by atoms with Gasteiger partial charge in [-0.05, 0) is 30.9 Å². The van der Waals surface area contributed by atoms with E-state index in [0.29, 0.717) is 17.7 Å². The molecule has 1 fully saturated rings. The number of benzene rings is 1. The zero-order chi connectivity index (χ0) is 12.8. The van der Waals surface area contributed by atoms with Gasteiger partial charge in [0.05, 0.1) is 0 Å². The highest BCUT2D eigenvalue weighted by atomic mass is 32.2. The molecule has 1 aliphatic rings. The maximum Gasteiger partial charge on any atom is 0.136 e. The normalized spacial score (nSPS) is 19.4. The summed E-state index contributed by atoms with van der Waals surface area (Å²) < 4.78 is 13.7. The molecule has 2 rings (SSSR count). The summed E-state index contributed by atoms with van der Waals surface area (Å²) in [6.45, 7) is 0.643. The zero-order valence-electron chi connectivity index (χ0n) is 10.8. The van der Waals surface area contributed by atoms with Crippen LogP contribution in [0, 0.1) is 11.7 Å². The molecule has 0 bridgehead atoms. The lowest BCUT2D eigenvalue weighted by Gasteiger charge is -2.24. The number of halogens is 1. The van der Waals surface area contributed by atoms with Crippen molar-refractivity contribution >= 4 is 11.8 Å². The number of nitrogens with two attached hydrogens (primary N) is 1. The van der Waals surface area contributed by atoms with Gasteiger partial charge in [0.25, 0.3) is 0 Å². The Hall–Kier alpha value is -0.540. The van der Waals surface area contributed by atoms with Crippen molar-refractivity contribution in [1.82, 2.24) is 0 Å². The van der Waals surface area contributed by atoms with Crippen molar-refractivity contribution in [1.29, 1.82) is 0 Å². The van der Waals surface area contributed by atoms with E-state index in [1.165, 1.54) is 44.6 Å². The van der Waals surface area contributed by atoms with Gasteiger partial charge in [0, 0.05) is 16.7 Å². The second-order valence-corrected chi connectivity index (χ2v) is 6.36. The van der Waals surface area contributed by atoms with Gasteiger partial charge >= 0.3 is 0 Å². The molecule has 0 radical (unpaired) electrons. The maximum absolute atomic E-state index is 13.7. The maximum atomic E-state index is 13.7. The van der Waals surface area contributed by atoms with E-state index in [1.807, 2.05) is 12.1 Å². The minimum absolute atomic E-state index is 0.116. The molecule has 1 atom stereocenters. The summed E-state index contributed by atoms with van der Waals surface area (Å²) in [6, 6.07) is 7.02. The number of rotatable bonds is 4. The van der Waals surface area contributed by atoms with Crippen LogP contribution in [0.3, 0.4) is 0 Å². The van der Waals surface area contributed by atoms with Crippen LogP contribution >= 0.6 is 11.8 Å². The van der Waals surface area contributed by atoms with Crippen LogP contribution < -0.4 is 5.73 Å². The summed E-state index contributed by atoms with van der Waals surface area (Å²) in [4.78, 5) is 0.747. The van der Waals surface area contributed by atoms with Crippen LogP contribution in [-0.4, -0.2) is 11.8 Å². The third-order valence-electron chi connectivity index (χ3n) is 3.77. The molecule has 0 saturated heterocycles. The minimum atomic E-state index is -0.116. The Labute approximate surface area is 113 Å².